The summed E-state index contributed by atoms with van der Waals surface area (Å²) in [7, 11) is 0. The van der Waals surface area contributed by atoms with Gasteiger partial charge in [0.25, 0.3) is 0 Å². The van der Waals surface area contributed by atoms with Crippen LogP contribution in [0, 0.1) is 29.1 Å². The van der Waals surface area contributed by atoms with Crippen LogP contribution < -0.4 is 0 Å². The first-order chi connectivity index (χ1) is 17.0. The van der Waals surface area contributed by atoms with Crippen LogP contribution in [0.3, 0.4) is 0 Å². The molecule has 4 rings (SSSR count). The largest absolute Gasteiger partial charge is 0.461 e. The summed E-state index contributed by atoms with van der Waals surface area (Å²) < 4.78 is 11.9. The van der Waals surface area contributed by atoms with Gasteiger partial charge in [-0.25, -0.2) is 0 Å². The van der Waals surface area contributed by atoms with Crippen LogP contribution in [0.1, 0.15) is 59.4 Å². The second-order valence-electron chi connectivity index (χ2n) is 11.5. The molecule has 0 aromatic heterocycles. The summed E-state index contributed by atoms with van der Waals surface area (Å²) in [5, 5.41) is 10.2. The number of rotatable bonds is 5. The normalized spacial score (nSPS) is 36.2. The molecule has 1 aromatic carbocycles. The van der Waals surface area contributed by atoms with E-state index in [-0.39, 0.29) is 42.5 Å². The number of carbonyl (C=O) groups is 3. The molecule has 0 heterocycles. The molecule has 0 aliphatic heterocycles. The van der Waals surface area contributed by atoms with Crippen LogP contribution in [0.2, 0.25) is 0 Å². The summed E-state index contributed by atoms with van der Waals surface area (Å²) in [6, 6.07) is 9.35. The maximum absolute atomic E-state index is 14.1. The number of hydrogen-bond donors (Lipinski definition) is 1. The van der Waals surface area contributed by atoms with Crippen molar-refractivity contribution in [3.8, 4) is 0 Å². The zero-order chi connectivity index (χ0) is 26.3. The van der Waals surface area contributed by atoms with Crippen molar-refractivity contribution in [2.45, 2.75) is 72.0 Å². The summed E-state index contributed by atoms with van der Waals surface area (Å²) in [6.45, 7) is 9.27. The zero-order valence-corrected chi connectivity index (χ0v) is 22.0. The quantitative estimate of drug-likeness (QED) is 0.475. The van der Waals surface area contributed by atoms with E-state index in [1.54, 1.807) is 6.92 Å². The third kappa shape index (κ3) is 4.93. The van der Waals surface area contributed by atoms with E-state index < -0.39 is 29.6 Å². The molecule has 36 heavy (non-hydrogen) atoms. The molecule has 0 radical (unpaired) electrons. The van der Waals surface area contributed by atoms with Gasteiger partial charge in [0.15, 0.2) is 5.60 Å². The van der Waals surface area contributed by atoms with Crippen LogP contribution >= 0.6 is 0 Å². The van der Waals surface area contributed by atoms with Gasteiger partial charge in [-0.3, -0.25) is 14.4 Å². The first-order valence-corrected chi connectivity index (χ1v) is 13.0. The first kappa shape index (κ1) is 26.3. The van der Waals surface area contributed by atoms with Gasteiger partial charge < -0.3 is 14.6 Å². The van der Waals surface area contributed by atoms with Crippen LogP contribution in [0.25, 0.3) is 0 Å². The molecule has 0 spiro atoms. The summed E-state index contributed by atoms with van der Waals surface area (Å²) >= 11 is 0. The van der Waals surface area contributed by atoms with Crippen molar-refractivity contribution in [3.05, 3.63) is 59.2 Å². The van der Waals surface area contributed by atoms with E-state index in [1.807, 2.05) is 49.4 Å². The van der Waals surface area contributed by atoms with Crippen molar-refractivity contribution in [1.82, 2.24) is 0 Å². The van der Waals surface area contributed by atoms with Gasteiger partial charge in [-0.15, -0.1) is 0 Å². The third-order valence-corrected chi connectivity index (χ3v) is 8.57. The minimum absolute atomic E-state index is 0.0772. The molecule has 1 aromatic rings. The fourth-order valence-corrected chi connectivity index (χ4v) is 6.54. The van der Waals surface area contributed by atoms with Crippen molar-refractivity contribution >= 4 is 17.7 Å². The maximum Gasteiger partial charge on any atom is 0.310 e. The van der Waals surface area contributed by atoms with Gasteiger partial charge in [-0.1, -0.05) is 63.3 Å². The molecule has 194 valence electrons. The number of hydrogen-bond acceptors (Lipinski definition) is 6. The van der Waals surface area contributed by atoms with Crippen molar-refractivity contribution in [2.75, 3.05) is 6.61 Å². The fraction of sp³-hybridized carbons (Fsp3) is 0.567. The van der Waals surface area contributed by atoms with Crippen molar-refractivity contribution < 1.29 is 29.0 Å². The van der Waals surface area contributed by atoms with Gasteiger partial charge in [0.2, 0.25) is 5.78 Å². The predicted molar refractivity (Wildman–Crippen MR) is 136 cm³/mol. The van der Waals surface area contributed by atoms with E-state index in [0.717, 1.165) is 17.6 Å². The lowest BCUT2D eigenvalue weighted by molar-refractivity contribution is -0.170. The lowest BCUT2D eigenvalue weighted by Gasteiger charge is -2.34. The highest BCUT2D eigenvalue weighted by atomic mass is 16.6. The number of aliphatic hydroxyl groups excluding tert-OH is 1. The Morgan fingerprint density at radius 2 is 1.81 bits per heavy atom. The average Bonchev–Trinajstić information content (AvgIpc) is 3.23. The highest BCUT2D eigenvalue weighted by Gasteiger charge is 2.61. The monoisotopic (exact) mass is 494 g/mol. The highest BCUT2D eigenvalue weighted by molar-refractivity contribution is 6.03. The van der Waals surface area contributed by atoms with Crippen LogP contribution in [0.5, 0.6) is 0 Å². The fourth-order valence-electron chi connectivity index (χ4n) is 6.54. The van der Waals surface area contributed by atoms with Gasteiger partial charge in [0.05, 0.1) is 18.9 Å². The van der Waals surface area contributed by atoms with Crippen LogP contribution in [-0.4, -0.2) is 41.1 Å². The molecule has 0 saturated heterocycles. The Labute approximate surface area is 213 Å². The van der Waals surface area contributed by atoms with Crippen LogP contribution in [-0.2, 0) is 30.3 Å². The van der Waals surface area contributed by atoms with E-state index in [9.17, 15) is 19.5 Å². The summed E-state index contributed by atoms with van der Waals surface area (Å²) in [5.74, 6) is -1.43. The summed E-state index contributed by atoms with van der Waals surface area (Å²) in [5.41, 5.74) is 0.788. The Bertz CT molecular complexity index is 1080. The number of ketones is 1. The Morgan fingerprint density at radius 1 is 1.11 bits per heavy atom. The van der Waals surface area contributed by atoms with Crippen molar-refractivity contribution in [2.24, 2.45) is 29.1 Å². The van der Waals surface area contributed by atoms with Crippen LogP contribution in [0.4, 0.5) is 0 Å². The Morgan fingerprint density at radius 3 is 2.44 bits per heavy atom. The van der Waals surface area contributed by atoms with Gasteiger partial charge in [-0.2, -0.15) is 0 Å². The molecule has 0 amide bonds. The third-order valence-electron chi connectivity index (χ3n) is 8.57. The molecule has 3 aliphatic rings. The molecule has 2 fully saturated rings. The number of fused-ring (bicyclic) bond motifs is 2. The van der Waals surface area contributed by atoms with Crippen molar-refractivity contribution in [3.63, 3.8) is 0 Å². The summed E-state index contributed by atoms with van der Waals surface area (Å²) in [6.07, 6.45) is 5.16. The number of ether oxygens (including phenoxy) is 2. The molecular formula is C30H38O6. The maximum atomic E-state index is 14.1. The number of allylic oxidation sites excluding steroid dienone is 1. The smallest absolute Gasteiger partial charge is 0.310 e. The molecule has 1 N–H and O–H groups in total. The number of esters is 2. The molecule has 6 atom stereocenters. The Hall–Kier alpha value is -2.73. The second-order valence-corrected chi connectivity index (χ2v) is 11.5. The highest BCUT2D eigenvalue weighted by Crippen LogP contribution is 2.62. The van der Waals surface area contributed by atoms with E-state index >= 15 is 0 Å². The SMILES string of the molecule is CC(=O)O[C@]12C[C@H](C)[C@H](OC(=O)Cc3ccccc3)[C@@H]1/C=C(/CO)CC[C@H]1[C@@H](/C=C(\C)C2=O)C1(C)C. The predicted octanol–water partition coefficient (Wildman–Crippen LogP) is 4.60. The molecule has 0 unspecified atom stereocenters. The molecular weight excluding hydrogens is 456 g/mol. The van der Waals surface area contributed by atoms with E-state index in [2.05, 4.69) is 13.8 Å². The number of Topliss-reactive ketones (excluding diaryl/α,β-unsaturated/α-hetero) is 1. The number of carbonyl (C=O) groups excluding carboxylic acids is 3. The van der Waals surface area contributed by atoms with E-state index in [0.29, 0.717) is 17.9 Å². The Balaban J connectivity index is 1.74. The lowest BCUT2D eigenvalue weighted by atomic mass is 9.81. The molecule has 6 nitrogen and oxygen atoms in total. The van der Waals surface area contributed by atoms with Gasteiger partial charge in [0, 0.05) is 13.3 Å². The number of benzene rings is 1. The van der Waals surface area contributed by atoms with E-state index in [1.165, 1.54) is 6.92 Å². The topological polar surface area (TPSA) is 89.9 Å². The van der Waals surface area contributed by atoms with Gasteiger partial charge in [0.1, 0.15) is 6.10 Å². The minimum atomic E-state index is -1.48. The van der Waals surface area contributed by atoms with E-state index in [4.69, 9.17) is 9.47 Å². The number of aliphatic hydroxyl groups is 1. The second kappa shape index (κ2) is 9.97. The van der Waals surface area contributed by atoms with Crippen molar-refractivity contribution in [1.29, 1.82) is 0 Å². The Kier molecular flexibility index (Phi) is 7.29. The minimum Gasteiger partial charge on any atom is -0.461 e. The molecule has 0 bridgehead atoms. The molecule has 3 aliphatic carbocycles. The molecule has 2 saturated carbocycles. The first-order valence-electron chi connectivity index (χ1n) is 13.0. The van der Waals surface area contributed by atoms with Gasteiger partial charge in [-0.05, 0) is 59.6 Å². The standard InChI is InChI=1S/C30H38O6/c1-18-13-24-23(29(24,4)5)12-11-22(17-31)14-25-27(35-26(33)15-21-9-7-6-8-10-21)19(2)16-30(25,28(18)34)36-20(3)32/h6-10,13-14,19,23-25,27,31H,11-12,15-17H2,1-5H3/b18-13+,22-14+/t19-,23-,24+,25-,27-,30+/m0/s1. The molecule has 6 heteroatoms. The summed E-state index contributed by atoms with van der Waals surface area (Å²) in [4.78, 5) is 39.4. The average molecular weight is 495 g/mol. The zero-order valence-electron chi connectivity index (χ0n) is 22.0. The van der Waals surface area contributed by atoms with Gasteiger partial charge >= 0.3 is 11.9 Å². The van der Waals surface area contributed by atoms with Crippen LogP contribution in [0.15, 0.2) is 53.6 Å². The lowest BCUT2D eigenvalue weighted by Crippen LogP contribution is -2.49.